The van der Waals surface area contributed by atoms with Crippen LogP contribution in [-0.4, -0.2) is 5.91 Å². The highest BCUT2D eigenvalue weighted by molar-refractivity contribution is 9.10. The average molecular weight is 446 g/mol. The molecule has 0 aliphatic rings. The smallest absolute Gasteiger partial charge is 0.266 e. The van der Waals surface area contributed by atoms with E-state index in [2.05, 4.69) is 21.2 Å². The summed E-state index contributed by atoms with van der Waals surface area (Å²) in [5, 5.41) is 12.2. The fourth-order valence-corrected chi connectivity index (χ4v) is 2.73. The maximum Gasteiger partial charge on any atom is 0.266 e. The van der Waals surface area contributed by atoms with Crippen LogP contribution in [0.5, 0.6) is 0 Å². The fraction of sp³-hybridized carbons (Fsp3) is 0. The van der Waals surface area contributed by atoms with Crippen LogP contribution < -0.4 is 5.32 Å². The largest absolute Gasteiger partial charge is 0.457 e. The summed E-state index contributed by atoms with van der Waals surface area (Å²) in [5.74, 6) is -0.460. The number of nitrogens with zero attached hydrogens (tertiary/aromatic N) is 1. The number of carbonyl (C=O) groups is 1. The van der Waals surface area contributed by atoms with Gasteiger partial charge in [-0.1, -0.05) is 27.5 Å². The Morgan fingerprint density at radius 3 is 2.59 bits per heavy atom. The van der Waals surface area contributed by atoms with E-state index in [1.165, 1.54) is 18.2 Å². The van der Waals surface area contributed by atoms with Gasteiger partial charge in [-0.25, -0.2) is 4.39 Å². The van der Waals surface area contributed by atoms with Gasteiger partial charge in [0.1, 0.15) is 29.0 Å². The maximum absolute atomic E-state index is 13.8. The molecule has 0 aliphatic heterocycles. The second kappa shape index (κ2) is 8.21. The maximum atomic E-state index is 13.8. The van der Waals surface area contributed by atoms with E-state index < -0.39 is 11.7 Å². The zero-order chi connectivity index (χ0) is 19.4. The Hall–Kier alpha value is -2.88. The van der Waals surface area contributed by atoms with Gasteiger partial charge in [0.25, 0.3) is 5.91 Å². The summed E-state index contributed by atoms with van der Waals surface area (Å²) < 4.78 is 20.0. The standard InChI is InChI=1S/C20H11BrClFN2O2/c21-14-3-7-18(17(23)10-14)25-20(26)13(11-24)9-16-6-8-19(27-16)12-1-4-15(22)5-2-12/h1-10H,(H,25,26)/b13-9+. The van der Waals surface area contributed by atoms with Gasteiger partial charge in [-0.3, -0.25) is 4.79 Å². The quantitative estimate of drug-likeness (QED) is 0.393. The van der Waals surface area contributed by atoms with Crippen molar-refractivity contribution in [1.29, 1.82) is 5.26 Å². The first-order valence-electron chi connectivity index (χ1n) is 7.70. The molecule has 4 nitrogen and oxygen atoms in total. The van der Waals surface area contributed by atoms with Crippen molar-refractivity contribution in [3.05, 3.63) is 81.2 Å². The molecule has 7 heteroatoms. The normalized spacial score (nSPS) is 11.1. The van der Waals surface area contributed by atoms with E-state index >= 15 is 0 Å². The third-order valence-corrected chi connectivity index (χ3v) is 4.33. The molecule has 1 heterocycles. The van der Waals surface area contributed by atoms with E-state index in [0.29, 0.717) is 21.0 Å². The summed E-state index contributed by atoms with van der Waals surface area (Å²) in [5.41, 5.74) is 0.568. The highest BCUT2D eigenvalue weighted by Gasteiger charge is 2.13. The lowest BCUT2D eigenvalue weighted by molar-refractivity contribution is -0.112. The number of benzene rings is 2. The van der Waals surface area contributed by atoms with Gasteiger partial charge in [0.15, 0.2) is 0 Å². The number of halogens is 3. The van der Waals surface area contributed by atoms with E-state index in [0.717, 1.165) is 5.56 Å². The first-order valence-corrected chi connectivity index (χ1v) is 8.87. The number of anilines is 1. The van der Waals surface area contributed by atoms with Gasteiger partial charge in [-0.2, -0.15) is 5.26 Å². The third kappa shape index (κ3) is 4.64. The van der Waals surface area contributed by atoms with Crippen LogP contribution in [0.25, 0.3) is 17.4 Å². The number of furan rings is 1. The Morgan fingerprint density at radius 2 is 1.93 bits per heavy atom. The molecule has 1 N–H and O–H groups in total. The Kier molecular flexibility index (Phi) is 5.75. The molecule has 0 saturated carbocycles. The van der Waals surface area contributed by atoms with Gasteiger partial charge in [-0.15, -0.1) is 0 Å². The Balaban J connectivity index is 1.81. The van der Waals surface area contributed by atoms with E-state index in [1.807, 2.05) is 0 Å². The average Bonchev–Trinajstić information content (AvgIpc) is 3.11. The van der Waals surface area contributed by atoms with E-state index in [-0.39, 0.29) is 11.3 Å². The van der Waals surface area contributed by atoms with Gasteiger partial charge >= 0.3 is 0 Å². The van der Waals surface area contributed by atoms with Crippen molar-refractivity contribution in [3.8, 4) is 17.4 Å². The summed E-state index contributed by atoms with van der Waals surface area (Å²) in [6.45, 7) is 0. The summed E-state index contributed by atoms with van der Waals surface area (Å²) in [6.07, 6.45) is 1.30. The van der Waals surface area contributed by atoms with E-state index in [1.54, 1.807) is 48.5 Å². The van der Waals surface area contributed by atoms with Crippen molar-refractivity contribution in [3.63, 3.8) is 0 Å². The molecule has 0 radical (unpaired) electrons. The molecule has 3 rings (SSSR count). The van der Waals surface area contributed by atoms with E-state index in [4.69, 9.17) is 16.0 Å². The summed E-state index contributed by atoms with van der Waals surface area (Å²) >= 11 is 9.00. The van der Waals surface area contributed by atoms with Crippen LogP contribution >= 0.6 is 27.5 Å². The van der Waals surface area contributed by atoms with Crippen molar-refractivity contribution in [1.82, 2.24) is 0 Å². The second-order valence-corrected chi connectivity index (χ2v) is 6.81. The number of amides is 1. The molecule has 27 heavy (non-hydrogen) atoms. The summed E-state index contributed by atoms with van der Waals surface area (Å²) in [7, 11) is 0. The van der Waals surface area contributed by atoms with Gasteiger partial charge < -0.3 is 9.73 Å². The Labute approximate surface area is 168 Å². The molecule has 0 saturated heterocycles. The van der Waals surface area contributed by atoms with Crippen LogP contribution in [0.1, 0.15) is 5.76 Å². The lowest BCUT2D eigenvalue weighted by atomic mass is 10.2. The molecule has 134 valence electrons. The topological polar surface area (TPSA) is 66.0 Å². The highest BCUT2D eigenvalue weighted by atomic mass is 79.9. The van der Waals surface area contributed by atoms with Crippen LogP contribution in [0.15, 0.2) is 69.1 Å². The molecule has 0 unspecified atom stereocenters. The number of hydrogen-bond acceptors (Lipinski definition) is 3. The first-order chi connectivity index (χ1) is 13.0. The predicted molar refractivity (Wildman–Crippen MR) is 105 cm³/mol. The SMILES string of the molecule is N#C/C(=C\c1ccc(-c2ccc(Cl)cc2)o1)C(=O)Nc1ccc(Br)cc1F. The van der Waals surface area contributed by atoms with Crippen LogP contribution in [0, 0.1) is 17.1 Å². The van der Waals surface area contributed by atoms with Gasteiger partial charge in [0.05, 0.1) is 5.69 Å². The summed E-state index contributed by atoms with van der Waals surface area (Å²) in [6, 6.07) is 16.4. The van der Waals surface area contributed by atoms with E-state index in [9.17, 15) is 14.4 Å². The van der Waals surface area contributed by atoms with Gasteiger partial charge in [-0.05, 0) is 54.6 Å². The molecule has 0 aliphatic carbocycles. The van der Waals surface area contributed by atoms with Crippen LogP contribution in [0.2, 0.25) is 5.02 Å². The Morgan fingerprint density at radius 1 is 1.19 bits per heavy atom. The lowest BCUT2D eigenvalue weighted by Gasteiger charge is -2.05. The number of rotatable bonds is 4. The zero-order valence-corrected chi connectivity index (χ0v) is 16.0. The molecule has 0 atom stereocenters. The minimum Gasteiger partial charge on any atom is -0.457 e. The third-order valence-electron chi connectivity index (χ3n) is 3.59. The molecule has 2 aromatic carbocycles. The molecule has 3 aromatic rings. The van der Waals surface area contributed by atoms with Crippen molar-refractivity contribution in [2.24, 2.45) is 0 Å². The zero-order valence-electron chi connectivity index (χ0n) is 13.7. The molecule has 0 spiro atoms. The molecule has 1 amide bonds. The van der Waals surface area contributed by atoms with Gasteiger partial charge in [0, 0.05) is 21.1 Å². The van der Waals surface area contributed by atoms with Gasteiger partial charge in [0.2, 0.25) is 0 Å². The lowest BCUT2D eigenvalue weighted by Crippen LogP contribution is -2.14. The van der Waals surface area contributed by atoms with Crippen molar-refractivity contribution in [2.75, 3.05) is 5.32 Å². The van der Waals surface area contributed by atoms with Crippen LogP contribution in [0.3, 0.4) is 0 Å². The Bertz CT molecular complexity index is 1070. The van der Waals surface area contributed by atoms with Crippen molar-refractivity contribution in [2.45, 2.75) is 0 Å². The number of nitriles is 1. The first kappa shape index (κ1) is 18.9. The monoisotopic (exact) mass is 444 g/mol. The molecule has 0 fully saturated rings. The van der Waals surface area contributed by atoms with Crippen LogP contribution in [-0.2, 0) is 4.79 Å². The molecule has 1 aromatic heterocycles. The van der Waals surface area contributed by atoms with Crippen LogP contribution in [0.4, 0.5) is 10.1 Å². The number of carbonyl (C=O) groups excluding carboxylic acids is 1. The summed E-state index contributed by atoms with van der Waals surface area (Å²) in [4.78, 5) is 12.3. The fourth-order valence-electron chi connectivity index (χ4n) is 2.27. The number of nitrogens with one attached hydrogen (secondary N) is 1. The minimum atomic E-state index is -0.733. The minimum absolute atomic E-state index is 0.0225. The second-order valence-electron chi connectivity index (χ2n) is 5.46. The van der Waals surface area contributed by atoms with Crippen molar-refractivity contribution >= 4 is 45.2 Å². The molecule has 0 bridgehead atoms. The highest BCUT2D eigenvalue weighted by Crippen LogP contribution is 2.25. The number of hydrogen-bond donors (Lipinski definition) is 1. The predicted octanol–water partition coefficient (Wildman–Crippen LogP) is 6.05. The molecular weight excluding hydrogens is 435 g/mol. The molecular formula is C20H11BrClFN2O2. The van der Waals surface area contributed by atoms with Crippen molar-refractivity contribution < 1.29 is 13.6 Å².